The van der Waals surface area contributed by atoms with Crippen molar-refractivity contribution in [1.82, 2.24) is 4.98 Å². The third-order valence-corrected chi connectivity index (χ3v) is 4.99. The van der Waals surface area contributed by atoms with Crippen LogP contribution in [0.25, 0.3) is 22.2 Å². The molecule has 0 amide bonds. The van der Waals surface area contributed by atoms with Crippen molar-refractivity contribution in [2.75, 3.05) is 0 Å². The van der Waals surface area contributed by atoms with Crippen LogP contribution in [0.4, 0.5) is 0 Å². The molecule has 0 fully saturated rings. The number of rotatable bonds is 1. The zero-order valence-corrected chi connectivity index (χ0v) is 13.6. The van der Waals surface area contributed by atoms with Crippen LogP contribution in [0.1, 0.15) is 11.1 Å². The molecule has 3 heteroatoms. The van der Waals surface area contributed by atoms with Gasteiger partial charge in [0, 0.05) is 15.4 Å². The summed E-state index contributed by atoms with van der Waals surface area (Å²) in [5.74, 6) is 0. The molecular weight excluding hydrogens is 334 g/mol. The average Bonchev–Trinajstić information content (AvgIpc) is 2.45. The van der Waals surface area contributed by atoms with Gasteiger partial charge in [-0.25, -0.2) is 4.98 Å². The fourth-order valence-corrected chi connectivity index (χ4v) is 3.09. The lowest BCUT2D eigenvalue weighted by molar-refractivity contribution is 1.33. The van der Waals surface area contributed by atoms with E-state index in [2.05, 4.69) is 35.8 Å². The Morgan fingerprint density at radius 2 is 1.75 bits per heavy atom. The molecule has 0 aliphatic rings. The number of benzene rings is 2. The molecule has 0 unspecified atom stereocenters. The maximum atomic E-state index is 6.48. The molecule has 3 rings (SSSR count). The molecule has 0 N–H and O–H groups in total. The second-order valence-electron chi connectivity index (χ2n) is 4.88. The smallest absolute Gasteiger partial charge is 0.0730 e. The van der Waals surface area contributed by atoms with Gasteiger partial charge in [-0.1, -0.05) is 57.9 Å². The number of hydrogen-bond acceptors (Lipinski definition) is 1. The predicted molar refractivity (Wildman–Crippen MR) is 89.4 cm³/mol. The van der Waals surface area contributed by atoms with Crippen molar-refractivity contribution in [3.63, 3.8) is 0 Å². The van der Waals surface area contributed by atoms with Gasteiger partial charge in [-0.3, -0.25) is 0 Å². The molecule has 3 aromatic rings. The van der Waals surface area contributed by atoms with Gasteiger partial charge in [-0.2, -0.15) is 0 Å². The SMILES string of the molecule is Cc1cc2nc(-c3ccccc3)cc(Cl)c2c(C)c1Br. The van der Waals surface area contributed by atoms with E-state index < -0.39 is 0 Å². The zero-order chi connectivity index (χ0) is 14.3. The van der Waals surface area contributed by atoms with Crippen LogP contribution in [-0.4, -0.2) is 4.98 Å². The van der Waals surface area contributed by atoms with Crippen molar-refractivity contribution >= 4 is 38.4 Å². The van der Waals surface area contributed by atoms with Crippen LogP contribution < -0.4 is 0 Å². The summed E-state index contributed by atoms with van der Waals surface area (Å²) in [5, 5.41) is 1.76. The third-order valence-electron chi connectivity index (χ3n) is 3.47. The first-order valence-electron chi connectivity index (χ1n) is 6.39. The zero-order valence-electron chi connectivity index (χ0n) is 11.2. The summed E-state index contributed by atoms with van der Waals surface area (Å²) < 4.78 is 1.10. The highest BCUT2D eigenvalue weighted by Crippen LogP contribution is 2.35. The molecule has 1 heterocycles. The molecule has 20 heavy (non-hydrogen) atoms. The van der Waals surface area contributed by atoms with E-state index in [1.807, 2.05) is 36.4 Å². The molecular formula is C17H13BrClN. The minimum atomic E-state index is 0.743. The highest BCUT2D eigenvalue weighted by Gasteiger charge is 2.12. The normalized spacial score (nSPS) is 11.0. The Bertz CT molecular complexity index is 797. The molecule has 100 valence electrons. The molecule has 1 nitrogen and oxygen atoms in total. The Hall–Kier alpha value is -1.38. The standard InChI is InChI=1S/C17H13BrClN/c1-10-8-15-16(11(2)17(10)18)13(19)9-14(20-15)12-6-4-3-5-7-12/h3-9H,1-2H3. The molecule has 0 saturated heterocycles. The Morgan fingerprint density at radius 3 is 2.45 bits per heavy atom. The first-order valence-corrected chi connectivity index (χ1v) is 7.56. The van der Waals surface area contributed by atoms with Gasteiger partial charge in [0.25, 0.3) is 0 Å². The van der Waals surface area contributed by atoms with Gasteiger partial charge < -0.3 is 0 Å². The molecule has 0 aliphatic heterocycles. The summed E-state index contributed by atoms with van der Waals surface area (Å²) in [6.07, 6.45) is 0. The third kappa shape index (κ3) is 2.23. The van der Waals surface area contributed by atoms with Gasteiger partial charge in [0.2, 0.25) is 0 Å². The Balaban J connectivity index is 2.33. The van der Waals surface area contributed by atoms with E-state index in [4.69, 9.17) is 16.6 Å². The van der Waals surface area contributed by atoms with Crippen LogP contribution in [0.3, 0.4) is 0 Å². The fraction of sp³-hybridized carbons (Fsp3) is 0.118. The summed E-state index contributed by atoms with van der Waals surface area (Å²) in [7, 11) is 0. The van der Waals surface area contributed by atoms with E-state index >= 15 is 0 Å². The van der Waals surface area contributed by atoms with Gasteiger partial charge in [0.15, 0.2) is 0 Å². The van der Waals surface area contributed by atoms with E-state index in [9.17, 15) is 0 Å². The predicted octanol–water partition coefficient (Wildman–Crippen LogP) is 5.93. The Labute approximate surface area is 131 Å². The highest BCUT2D eigenvalue weighted by atomic mass is 79.9. The molecule has 0 atom stereocenters. The summed E-state index contributed by atoms with van der Waals surface area (Å²) >= 11 is 10.1. The van der Waals surface area contributed by atoms with E-state index in [0.29, 0.717) is 0 Å². The average molecular weight is 347 g/mol. The van der Waals surface area contributed by atoms with E-state index in [1.54, 1.807) is 0 Å². The maximum Gasteiger partial charge on any atom is 0.0730 e. The van der Waals surface area contributed by atoms with E-state index in [-0.39, 0.29) is 0 Å². The van der Waals surface area contributed by atoms with Crippen LogP contribution in [0, 0.1) is 13.8 Å². The highest BCUT2D eigenvalue weighted by molar-refractivity contribution is 9.10. The minimum absolute atomic E-state index is 0.743. The van der Waals surface area contributed by atoms with Gasteiger partial charge in [-0.05, 0) is 37.1 Å². The Morgan fingerprint density at radius 1 is 1.05 bits per heavy atom. The summed E-state index contributed by atoms with van der Waals surface area (Å²) in [5.41, 5.74) is 5.23. The number of pyridine rings is 1. The van der Waals surface area contributed by atoms with E-state index in [1.165, 1.54) is 5.56 Å². The molecule has 0 bridgehead atoms. The summed E-state index contributed by atoms with van der Waals surface area (Å²) in [6, 6.07) is 14.1. The molecule has 0 saturated carbocycles. The number of hydrogen-bond donors (Lipinski definition) is 0. The molecule has 0 spiro atoms. The maximum absolute atomic E-state index is 6.48. The van der Waals surface area contributed by atoms with Crippen molar-refractivity contribution < 1.29 is 0 Å². The van der Waals surface area contributed by atoms with Crippen LogP contribution in [0.2, 0.25) is 5.02 Å². The molecule has 2 aromatic carbocycles. The van der Waals surface area contributed by atoms with Gasteiger partial charge in [0.05, 0.1) is 16.2 Å². The first kappa shape index (κ1) is 13.6. The number of aromatic nitrogens is 1. The monoisotopic (exact) mass is 345 g/mol. The largest absolute Gasteiger partial charge is 0.248 e. The van der Waals surface area contributed by atoms with Crippen molar-refractivity contribution in [2.24, 2.45) is 0 Å². The van der Waals surface area contributed by atoms with Crippen molar-refractivity contribution in [3.8, 4) is 11.3 Å². The quantitative estimate of drug-likeness (QED) is 0.532. The van der Waals surface area contributed by atoms with Gasteiger partial charge >= 0.3 is 0 Å². The van der Waals surface area contributed by atoms with Crippen LogP contribution >= 0.6 is 27.5 Å². The molecule has 1 aromatic heterocycles. The van der Waals surface area contributed by atoms with Crippen molar-refractivity contribution in [1.29, 1.82) is 0 Å². The number of fused-ring (bicyclic) bond motifs is 1. The minimum Gasteiger partial charge on any atom is -0.248 e. The first-order chi connectivity index (χ1) is 9.58. The summed E-state index contributed by atoms with van der Waals surface area (Å²) in [6.45, 7) is 4.14. The number of nitrogens with zero attached hydrogens (tertiary/aromatic N) is 1. The number of aryl methyl sites for hydroxylation is 2. The Kier molecular flexibility index (Phi) is 3.53. The summed E-state index contributed by atoms with van der Waals surface area (Å²) in [4.78, 5) is 4.76. The lowest BCUT2D eigenvalue weighted by Gasteiger charge is -2.11. The lowest BCUT2D eigenvalue weighted by Crippen LogP contribution is -1.92. The fourth-order valence-electron chi connectivity index (χ4n) is 2.44. The second kappa shape index (κ2) is 5.19. The number of halogens is 2. The van der Waals surface area contributed by atoms with E-state index in [0.717, 1.165) is 37.2 Å². The second-order valence-corrected chi connectivity index (χ2v) is 6.08. The van der Waals surface area contributed by atoms with Crippen molar-refractivity contribution in [3.05, 3.63) is 63.1 Å². The van der Waals surface area contributed by atoms with Crippen LogP contribution in [-0.2, 0) is 0 Å². The molecule has 0 aliphatic carbocycles. The van der Waals surface area contributed by atoms with Crippen LogP contribution in [0.5, 0.6) is 0 Å². The van der Waals surface area contributed by atoms with Crippen molar-refractivity contribution in [2.45, 2.75) is 13.8 Å². The van der Waals surface area contributed by atoms with Gasteiger partial charge in [-0.15, -0.1) is 0 Å². The topological polar surface area (TPSA) is 12.9 Å². The van der Waals surface area contributed by atoms with Crippen LogP contribution in [0.15, 0.2) is 46.9 Å². The lowest BCUT2D eigenvalue weighted by atomic mass is 10.0. The molecule has 0 radical (unpaired) electrons. The van der Waals surface area contributed by atoms with Gasteiger partial charge in [0.1, 0.15) is 0 Å².